The number of ether oxygens (including phenoxy) is 1. The van der Waals surface area contributed by atoms with Gasteiger partial charge in [-0.2, -0.15) is 0 Å². The summed E-state index contributed by atoms with van der Waals surface area (Å²) in [5.74, 6) is 0.950. The van der Waals surface area contributed by atoms with Gasteiger partial charge in [-0.3, -0.25) is 0 Å². The molecule has 0 unspecified atom stereocenters. The first kappa shape index (κ1) is 12.1. The highest BCUT2D eigenvalue weighted by Crippen LogP contribution is 2.24. The van der Waals surface area contributed by atoms with Crippen LogP contribution >= 0.6 is 11.3 Å². The average Bonchev–Trinajstić information content (AvgIpc) is 2.82. The van der Waals surface area contributed by atoms with Gasteiger partial charge < -0.3 is 10.5 Å². The predicted molar refractivity (Wildman–Crippen MR) is 70.4 cm³/mol. The molecule has 0 fully saturated rings. The Bertz CT molecular complexity index is 468. The Morgan fingerprint density at radius 3 is 3.00 bits per heavy atom. The number of para-hydroxylation sites is 1. The van der Waals surface area contributed by atoms with Crippen LogP contribution in [-0.4, -0.2) is 11.5 Å². The monoisotopic (exact) mass is 248 g/mol. The van der Waals surface area contributed by atoms with Crippen LogP contribution in [0.25, 0.3) is 0 Å². The summed E-state index contributed by atoms with van der Waals surface area (Å²) in [5, 5.41) is 2.00. The second-order valence-corrected chi connectivity index (χ2v) is 4.59. The summed E-state index contributed by atoms with van der Waals surface area (Å²) in [5.41, 5.74) is 10.7. The maximum Gasteiger partial charge on any atom is 0.131 e. The van der Waals surface area contributed by atoms with E-state index in [1.54, 1.807) is 11.3 Å². The molecule has 2 N–H and O–H groups in total. The fraction of sp³-hybridized carbons (Fsp3) is 0.308. The van der Waals surface area contributed by atoms with Crippen LogP contribution in [-0.2, 0) is 13.0 Å². The van der Waals surface area contributed by atoms with Crippen molar-refractivity contribution >= 4 is 11.3 Å². The zero-order valence-corrected chi connectivity index (χ0v) is 10.7. The lowest BCUT2D eigenvalue weighted by molar-refractivity contribution is 0.297. The van der Waals surface area contributed by atoms with Crippen molar-refractivity contribution in [1.82, 2.24) is 4.98 Å². The second kappa shape index (κ2) is 5.80. The standard InChI is InChI=1S/C13H16N2OS/c1-10-3-2-4-11(5-6-14)13(10)16-7-12-8-17-9-15-12/h2-4,8-9H,5-7,14H2,1H3. The maximum absolute atomic E-state index is 5.85. The van der Waals surface area contributed by atoms with Crippen molar-refractivity contribution in [1.29, 1.82) is 0 Å². The highest BCUT2D eigenvalue weighted by atomic mass is 32.1. The van der Waals surface area contributed by atoms with Crippen LogP contribution < -0.4 is 10.5 Å². The fourth-order valence-electron chi connectivity index (χ4n) is 1.73. The molecule has 1 heterocycles. The van der Waals surface area contributed by atoms with E-state index in [1.807, 2.05) is 17.0 Å². The van der Waals surface area contributed by atoms with Gasteiger partial charge in [0, 0.05) is 5.38 Å². The van der Waals surface area contributed by atoms with E-state index in [2.05, 4.69) is 24.0 Å². The van der Waals surface area contributed by atoms with Crippen LogP contribution in [0.2, 0.25) is 0 Å². The summed E-state index contributed by atoms with van der Waals surface area (Å²) in [6.45, 7) is 3.21. The normalized spacial score (nSPS) is 10.5. The first-order chi connectivity index (χ1) is 8.31. The van der Waals surface area contributed by atoms with Crippen LogP contribution in [0.5, 0.6) is 5.75 Å². The van der Waals surface area contributed by atoms with Crippen molar-refractivity contribution in [3.8, 4) is 5.75 Å². The summed E-state index contributed by atoms with van der Waals surface area (Å²) < 4.78 is 5.85. The highest BCUT2D eigenvalue weighted by molar-refractivity contribution is 7.07. The van der Waals surface area contributed by atoms with E-state index >= 15 is 0 Å². The minimum atomic E-state index is 0.520. The van der Waals surface area contributed by atoms with E-state index in [9.17, 15) is 0 Å². The molecule has 3 nitrogen and oxygen atoms in total. The third-order valence-corrected chi connectivity index (χ3v) is 3.19. The molecule has 1 aromatic heterocycles. The molecule has 0 radical (unpaired) electrons. The van der Waals surface area contributed by atoms with E-state index in [0.29, 0.717) is 13.2 Å². The summed E-state index contributed by atoms with van der Waals surface area (Å²) >= 11 is 1.58. The molecule has 0 atom stereocenters. The van der Waals surface area contributed by atoms with Crippen LogP contribution in [0.3, 0.4) is 0 Å². The molecule has 0 saturated heterocycles. The van der Waals surface area contributed by atoms with E-state index in [0.717, 1.165) is 23.4 Å². The van der Waals surface area contributed by atoms with E-state index in [-0.39, 0.29) is 0 Å². The summed E-state index contributed by atoms with van der Waals surface area (Å²) in [4.78, 5) is 4.21. The molecule has 0 aliphatic carbocycles. The molecule has 0 saturated carbocycles. The molecular weight excluding hydrogens is 232 g/mol. The van der Waals surface area contributed by atoms with Crippen molar-refractivity contribution < 1.29 is 4.74 Å². The van der Waals surface area contributed by atoms with Crippen molar-refractivity contribution in [2.75, 3.05) is 6.54 Å². The third-order valence-electron chi connectivity index (χ3n) is 2.55. The van der Waals surface area contributed by atoms with E-state index < -0.39 is 0 Å². The van der Waals surface area contributed by atoms with Crippen molar-refractivity contribution in [3.63, 3.8) is 0 Å². The minimum absolute atomic E-state index is 0.520. The Morgan fingerprint density at radius 2 is 2.29 bits per heavy atom. The van der Waals surface area contributed by atoms with Gasteiger partial charge >= 0.3 is 0 Å². The van der Waals surface area contributed by atoms with Crippen molar-refractivity contribution in [3.05, 3.63) is 45.9 Å². The molecule has 2 rings (SSSR count). The van der Waals surface area contributed by atoms with Gasteiger partial charge in [0.25, 0.3) is 0 Å². The number of aryl methyl sites for hydroxylation is 1. The minimum Gasteiger partial charge on any atom is -0.487 e. The summed E-state index contributed by atoms with van der Waals surface area (Å²) in [7, 11) is 0. The van der Waals surface area contributed by atoms with Gasteiger partial charge in [0.2, 0.25) is 0 Å². The Hall–Kier alpha value is -1.39. The van der Waals surface area contributed by atoms with Gasteiger partial charge in [0.05, 0.1) is 11.2 Å². The van der Waals surface area contributed by atoms with Crippen LogP contribution in [0.4, 0.5) is 0 Å². The van der Waals surface area contributed by atoms with Crippen LogP contribution in [0, 0.1) is 6.92 Å². The quantitative estimate of drug-likeness (QED) is 0.884. The largest absolute Gasteiger partial charge is 0.487 e. The average molecular weight is 248 g/mol. The molecule has 0 spiro atoms. The predicted octanol–water partition coefficient (Wildman–Crippen LogP) is 2.53. The lowest BCUT2D eigenvalue weighted by Crippen LogP contribution is -2.06. The lowest BCUT2D eigenvalue weighted by Gasteiger charge is -2.12. The molecule has 17 heavy (non-hydrogen) atoms. The maximum atomic E-state index is 5.85. The zero-order valence-electron chi connectivity index (χ0n) is 9.85. The molecule has 4 heteroatoms. The number of thiazole rings is 1. The number of nitrogens with two attached hydrogens (primary N) is 1. The smallest absolute Gasteiger partial charge is 0.131 e. The first-order valence-electron chi connectivity index (χ1n) is 5.59. The SMILES string of the molecule is Cc1cccc(CCN)c1OCc1cscn1. The zero-order chi connectivity index (χ0) is 12.1. The van der Waals surface area contributed by atoms with E-state index in [4.69, 9.17) is 10.5 Å². The summed E-state index contributed by atoms with van der Waals surface area (Å²) in [6.07, 6.45) is 0.841. The lowest BCUT2D eigenvalue weighted by atomic mass is 10.1. The molecule has 0 aliphatic heterocycles. The number of hydrogen-bond acceptors (Lipinski definition) is 4. The fourth-order valence-corrected chi connectivity index (χ4v) is 2.27. The number of rotatable bonds is 5. The Labute approximate surface area is 105 Å². The number of nitrogens with zero attached hydrogens (tertiary/aromatic N) is 1. The Morgan fingerprint density at radius 1 is 1.41 bits per heavy atom. The molecule has 90 valence electrons. The van der Waals surface area contributed by atoms with Crippen molar-refractivity contribution in [2.24, 2.45) is 5.73 Å². The number of benzene rings is 1. The summed E-state index contributed by atoms with van der Waals surface area (Å²) in [6, 6.07) is 6.16. The van der Waals surface area contributed by atoms with Gasteiger partial charge in [-0.15, -0.1) is 11.3 Å². The highest BCUT2D eigenvalue weighted by Gasteiger charge is 2.07. The number of hydrogen-bond donors (Lipinski definition) is 1. The molecule has 0 bridgehead atoms. The topological polar surface area (TPSA) is 48.1 Å². The van der Waals surface area contributed by atoms with Gasteiger partial charge in [-0.05, 0) is 31.0 Å². The Kier molecular flexibility index (Phi) is 4.12. The van der Waals surface area contributed by atoms with Crippen LogP contribution in [0.15, 0.2) is 29.1 Å². The number of aromatic nitrogens is 1. The first-order valence-corrected chi connectivity index (χ1v) is 6.54. The second-order valence-electron chi connectivity index (χ2n) is 3.87. The van der Waals surface area contributed by atoms with Crippen LogP contribution in [0.1, 0.15) is 16.8 Å². The van der Waals surface area contributed by atoms with Crippen molar-refractivity contribution in [2.45, 2.75) is 20.0 Å². The van der Waals surface area contributed by atoms with Gasteiger partial charge in [0.1, 0.15) is 12.4 Å². The molecule has 2 aromatic rings. The molecule has 0 aliphatic rings. The molecular formula is C13H16N2OS. The van der Waals surface area contributed by atoms with Gasteiger partial charge in [-0.25, -0.2) is 4.98 Å². The molecule has 1 aromatic carbocycles. The molecule has 0 amide bonds. The van der Waals surface area contributed by atoms with E-state index in [1.165, 1.54) is 5.56 Å². The van der Waals surface area contributed by atoms with Gasteiger partial charge in [0.15, 0.2) is 0 Å². The third kappa shape index (κ3) is 3.05. The van der Waals surface area contributed by atoms with Gasteiger partial charge in [-0.1, -0.05) is 18.2 Å². The Balaban J connectivity index is 2.13.